The van der Waals surface area contributed by atoms with Crippen molar-refractivity contribution < 1.29 is 32.2 Å². The zero-order chi connectivity index (χ0) is 24.6. The van der Waals surface area contributed by atoms with Crippen molar-refractivity contribution in [3.05, 3.63) is 83.9 Å². The van der Waals surface area contributed by atoms with Crippen LogP contribution in [-0.2, 0) is 26.1 Å². The van der Waals surface area contributed by atoms with Gasteiger partial charge in [0.25, 0.3) is 15.9 Å². The summed E-state index contributed by atoms with van der Waals surface area (Å²) in [5.74, 6) is -0.158. The van der Waals surface area contributed by atoms with Crippen LogP contribution in [0.25, 0.3) is 0 Å². The highest BCUT2D eigenvalue weighted by molar-refractivity contribution is 7.92. The molecule has 0 radical (unpaired) electrons. The SMILES string of the molecule is COc1ccc(CNC(=O)COC(=O)c2cccc(NS(=O)(=O)c3ccccc3)c2)cc1OC. The highest BCUT2D eigenvalue weighted by atomic mass is 32.2. The summed E-state index contributed by atoms with van der Waals surface area (Å²) < 4.78 is 42.8. The Morgan fingerprint density at radius 3 is 2.29 bits per heavy atom. The Kier molecular flexibility index (Phi) is 8.10. The van der Waals surface area contributed by atoms with E-state index in [1.165, 1.54) is 50.6 Å². The standard InChI is InChI=1S/C24H24N2O7S/c1-31-21-12-11-17(13-22(21)32-2)15-25-23(27)16-33-24(28)18-7-6-8-19(14-18)26-34(29,30)20-9-4-3-5-10-20/h3-14,26H,15-16H2,1-2H3,(H,25,27). The van der Waals surface area contributed by atoms with Crippen molar-refractivity contribution in [2.45, 2.75) is 11.4 Å². The highest BCUT2D eigenvalue weighted by Crippen LogP contribution is 2.27. The number of methoxy groups -OCH3 is 2. The number of sulfonamides is 1. The minimum atomic E-state index is -3.81. The maximum atomic E-state index is 12.5. The van der Waals surface area contributed by atoms with Gasteiger partial charge in [-0.15, -0.1) is 0 Å². The van der Waals surface area contributed by atoms with Crippen LogP contribution in [0, 0.1) is 0 Å². The maximum Gasteiger partial charge on any atom is 0.338 e. The van der Waals surface area contributed by atoms with Gasteiger partial charge in [0.05, 0.1) is 24.7 Å². The number of benzene rings is 3. The Balaban J connectivity index is 1.54. The first-order chi connectivity index (χ1) is 16.3. The van der Waals surface area contributed by atoms with Crippen LogP contribution in [0.1, 0.15) is 15.9 Å². The Labute approximate surface area is 197 Å². The summed E-state index contributed by atoms with van der Waals surface area (Å²) in [6, 6.07) is 18.9. The minimum absolute atomic E-state index is 0.0918. The van der Waals surface area contributed by atoms with E-state index in [1.807, 2.05) is 0 Å². The number of ether oxygens (including phenoxy) is 3. The number of hydrogen-bond acceptors (Lipinski definition) is 7. The molecule has 178 valence electrons. The van der Waals surface area contributed by atoms with E-state index in [1.54, 1.807) is 36.4 Å². The third kappa shape index (κ3) is 6.48. The third-order valence-electron chi connectivity index (χ3n) is 4.68. The molecule has 3 aromatic rings. The molecule has 0 bridgehead atoms. The maximum absolute atomic E-state index is 12.5. The van der Waals surface area contributed by atoms with Crippen LogP contribution in [0.3, 0.4) is 0 Å². The van der Waals surface area contributed by atoms with Gasteiger partial charge in [0.1, 0.15) is 0 Å². The zero-order valence-electron chi connectivity index (χ0n) is 18.6. The van der Waals surface area contributed by atoms with Gasteiger partial charge in [-0.1, -0.05) is 30.3 Å². The second kappa shape index (κ2) is 11.2. The van der Waals surface area contributed by atoms with Gasteiger partial charge in [-0.2, -0.15) is 0 Å². The predicted octanol–water partition coefficient (Wildman–Crippen LogP) is 2.98. The Bertz CT molecular complexity index is 1260. The Morgan fingerprint density at radius 1 is 0.853 bits per heavy atom. The molecular formula is C24H24N2O7S. The molecule has 0 atom stereocenters. The van der Waals surface area contributed by atoms with Crippen molar-refractivity contribution in [3.63, 3.8) is 0 Å². The summed E-state index contributed by atoms with van der Waals surface area (Å²) in [5, 5.41) is 2.65. The fraction of sp³-hybridized carbons (Fsp3) is 0.167. The van der Waals surface area contributed by atoms with Crippen LogP contribution >= 0.6 is 0 Å². The lowest BCUT2D eigenvalue weighted by Crippen LogP contribution is -2.28. The number of esters is 1. The number of carbonyl (C=O) groups excluding carboxylic acids is 2. The van der Waals surface area contributed by atoms with Crippen molar-refractivity contribution in [3.8, 4) is 11.5 Å². The quantitative estimate of drug-likeness (QED) is 0.425. The number of rotatable bonds is 10. The number of amides is 1. The second-order valence-corrected chi connectivity index (χ2v) is 8.72. The fourth-order valence-corrected chi connectivity index (χ4v) is 4.05. The van der Waals surface area contributed by atoms with Crippen molar-refractivity contribution in [2.24, 2.45) is 0 Å². The van der Waals surface area contributed by atoms with Crippen LogP contribution in [0.4, 0.5) is 5.69 Å². The van der Waals surface area contributed by atoms with Gasteiger partial charge < -0.3 is 19.5 Å². The molecule has 3 rings (SSSR count). The van der Waals surface area contributed by atoms with E-state index < -0.39 is 28.5 Å². The average molecular weight is 485 g/mol. The Morgan fingerprint density at radius 2 is 1.59 bits per heavy atom. The number of nitrogens with one attached hydrogen (secondary N) is 2. The molecule has 0 aromatic heterocycles. The smallest absolute Gasteiger partial charge is 0.338 e. The molecule has 0 fully saturated rings. The summed E-state index contributed by atoms with van der Waals surface area (Å²) in [6.45, 7) is -0.292. The van der Waals surface area contributed by atoms with Gasteiger partial charge in [-0.05, 0) is 48.0 Å². The molecule has 2 N–H and O–H groups in total. The average Bonchev–Trinajstić information content (AvgIpc) is 2.86. The summed E-state index contributed by atoms with van der Waals surface area (Å²) in [5.41, 5.74) is 1.06. The van der Waals surface area contributed by atoms with Crippen LogP contribution in [0.15, 0.2) is 77.7 Å². The number of carbonyl (C=O) groups is 2. The topological polar surface area (TPSA) is 120 Å². The van der Waals surface area contributed by atoms with Crippen molar-refractivity contribution in [1.82, 2.24) is 5.32 Å². The normalized spacial score (nSPS) is 10.8. The van der Waals surface area contributed by atoms with E-state index in [9.17, 15) is 18.0 Å². The molecule has 0 heterocycles. The van der Waals surface area contributed by atoms with Gasteiger partial charge in [0.15, 0.2) is 18.1 Å². The third-order valence-corrected chi connectivity index (χ3v) is 6.07. The summed E-state index contributed by atoms with van der Waals surface area (Å²) in [6.07, 6.45) is 0. The van der Waals surface area contributed by atoms with Crippen LogP contribution in [0.2, 0.25) is 0 Å². The molecule has 0 saturated heterocycles. The molecule has 3 aromatic carbocycles. The van der Waals surface area contributed by atoms with Crippen molar-refractivity contribution in [1.29, 1.82) is 0 Å². The van der Waals surface area contributed by atoms with Gasteiger partial charge in [0.2, 0.25) is 0 Å². The monoisotopic (exact) mass is 484 g/mol. The lowest BCUT2D eigenvalue weighted by Gasteiger charge is -2.11. The van der Waals surface area contributed by atoms with Gasteiger partial charge in [-0.25, -0.2) is 13.2 Å². The van der Waals surface area contributed by atoms with Crippen LogP contribution in [0.5, 0.6) is 11.5 Å². The van der Waals surface area contributed by atoms with Crippen molar-refractivity contribution in [2.75, 3.05) is 25.5 Å². The van der Waals surface area contributed by atoms with E-state index in [2.05, 4.69) is 10.0 Å². The molecule has 0 aliphatic heterocycles. The molecule has 0 spiro atoms. The first kappa shape index (κ1) is 24.6. The van der Waals surface area contributed by atoms with Crippen LogP contribution in [-0.4, -0.2) is 41.1 Å². The van der Waals surface area contributed by atoms with E-state index in [4.69, 9.17) is 14.2 Å². The number of hydrogen-bond donors (Lipinski definition) is 2. The lowest BCUT2D eigenvalue weighted by atomic mass is 10.2. The molecule has 0 saturated carbocycles. The van der Waals surface area contributed by atoms with Gasteiger partial charge in [-0.3, -0.25) is 9.52 Å². The minimum Gasteiger partial charge on any atom is -0.493 e. The Hall–Kier alpha value is -4.05. The van der Waals surface area contributed by atoms with E-state index in [0.29, 0.717) is 11.5 Å². The van der Waals surface area contributed by atoms with E-state index in [0.717, 1.165) is 5.56 Å². The first-order valence-electron chi connectivity index (χ1n) is 10.1. The molecule has 34 heavy (non-hydrogen) atoms. The molecule has 10 heteroatoms. The molecular weight excluding hydrogens is 460 g/mol. The molecule has 0 unspecified atom stereocenters. The summed E-state index contributed by atoms with van der Waals surface area (Å²) in [7, 11) is -0.763. The molecule has 0 aliphatic rings. The lowest BCUT2D eigenvalue weighted by molar-refractivity contribution is -0.124. The molecule has 9 nitrogen and oxygen atoms in total. The van der Waals surface area contributed by atoms with Gasteiger partial charge in [0, 0.05) is 12.2 Å². The van der Waals surface area contributed by atoms with Gasteiger partial charge >= 0.3 is 5.97 Å². The van der Waals surface area contributed by atoms with E-state index >= 15 is 0 Å². The van der Waals surface area contributed by atoms with Crippen molar-refractivity contribution >= 4 is 27.6 Å². The summed E-state index contributed by atoms with van der Waals surface area (Å²) in [4.78, 5) is 24.6. The predicted molar refractivity (Wildman–Crippen MR) is 125 cm³/mol. The van der Waals surface area contributed by atoms with E-state index in [-0.39, 0.29) is 22.7 Å². The summed E-state index contributed by atoms with van der Waals surface area (Å²) >= 11 is 0. The largest absolute Gasteiger partial charge is 0.493 e. The highest BCUT2D eigenvalue weighted by Gasteiger charge is 2.16. The van der Waals surface area contributed by atoms with Crippen LogP contribution < -0.4 is 19.5 Å². The molecule has 1 amide bonds. The fourth-order valence-electron chi connectivity index (χ4n) is 2.98. The first-order valence-corrected chi connectivity index (χ1v) is 11.6. The zero-order valence-corrected chi connectivity index (χ0v) is 19.4. The second-order valence-electron chi connectivity index (χ2n) is 7.04. The number of anilines is 1. The molecule has 0 aliphatic carbocycles.